The molecule has 1 aromatic heterocycles. The first-order valence-corrected chi connectivity index (χ1v) is 25.0. The third kappa shape index (κ3) is 10.7. The largest absolute Gasteiger partial charge is 0.355 e. The second kappa shape index (κ2) is 21.0. The summed E-state index contributed by atoms with van der Waals surface area (Å²) in [4.78, 5) is 3.79. The van der Waals surface area contributed by atoms with Gasteiger partial charge in [-0.05, 0) is 90.7 Å². The van der Waals surface area contributed by atoms with E-state index in [9.17, 15) is 0 Å². The van der Waals surface area contributed by atoms with E-state index in [-0.39, 0.29) is 10.8 Å². The first kappa shape index (κ1) is 45.2. The van der Waals surface area contributed by atoms with Gasteiger partial charge in [0, 0.05) is 49.8 Å². The highest BCUT2D eigenvalue weighted by Gasteiger charge is 2.35. The van der Waals surface area contributed by atoms with Gasteiger partial charge in [-0.25, -0.2) is 0 Å². The zero-order chi connectivity index (χ0) is 42.8. The molecule has 7 rings (SSSR count). The van der Waals surface area contributed by atoms with Crippen LogP contribution >= 0.6 is 11.6 Å². The average Bonchev–Trinajstić information content (AvgIpc) is 3.75. The normalized spacial score (nSPS) is 19.5. The number of H-pyrrole nitrogens is 1. The molecule has 61 heavy (non-hydrogen) atoms. The number of nitrogens with one attached hydrogen (secondary N) is 1. The van der Waals surface area contributed by atoms with Crippen molar-refractivity contribution in [2.75, 3.05) is 6.54 Å². The fourth-order valence-corrected chi connectivity index (χ4v) is 10.8. The van der Waals surface area contributed by atoms with E-state index < -0.39 is 0 Å². The highest BCUT2D eigenvalue weighted by molar-refractivity contribution is 6.32. The number of rotatable bonds is 21. The molecule has 0 saturated heterocycles. The molecule has 2 nitrogen and oxygen atoms in total. The van der Waals surface area contributed by atoms with E-state index in [1.54, 1.807) is 0 Å². The van der Waals surface area contributed by atoms with Crippen LogP contribution in [-0.2, 0) is 0 Å². The van der Waals surface area contributed by atoms with Crippen molar-refractivity contribution < 1.29 is 0 Å². The molecule has 3 aromatic rings. The van der Waals surface area contributed by atoms with Crippen molar-refractivity contribution in [3.05, 3.63) is 139 Å². The molecule has 3 heteroatoms. The molecule has 324 valence electrons. The van der Waals surface area contributed by atoms with Gasteiger partial charge in [-0.2, -0.15) is 4.58 Å². The van der Waals surface area contributed by atoms with Crippen LogP contribution in [0.2, 0.25) is 0 Å². The van der Waals surface area contributed by atoms with Crippen LogP contribution in [0.15, 0.2) is 118 Å². The van der Waals surface area contributed by atoms with E-state index in [0.29, 0.717) is 0 Å². The topological polar surface area (TPSA) is 18.8 Å². The molecule has 1 N–H and O–H groups in total. The zero-order valence-electron chi connectivity index (χ0n) is 38.8. The minimum Gasteiger partial charge on any atom is -0.355 e. The number of fused-ring (bicyclic) bond motifs is 5. The van der Waals surface area contributed by atoms with Crippen LogP contribution in [0.5, 0.6) is 0 Å². The van der Waals surface area contributed by atoms with Crippen LogP contribution in [0.4, 0.5) is 0 Å². The second-order valence-corrected chi connectivity index (χ2v) is 20.1. The van der Waals surface area contributed by atoms with Crippen molar-refractivity contribution in [3.63, 3.8) is 0 Å². The maximum absolute atomic E-state index is 7.41. The standard InChI is InChI=1S/C58H75ClN2/c1-7-9-11-13-15-17-19-21-31-47-50(58(5,6)41-52-55(47)48-32-22-24-33-51(48)60-52)38-36-44-29-27-28-43(56(44)59)35-37-45-40-49-46-30-23-25-34-53(46)61(54(49)42-57(45,3)4)39-26-20-18-16-14-12-10-8-2/h22-25,30,32-38,40-42H,7-21,26-29,31,39H2,1-6H3/p+1. The minimum atomic E-state index is -0.0978. The number of hydrogen-bond donors (Lipinski definition) is 1. The number of aromatic nitrogens is 1. The van der Waals surface area contributed by atoms with Crippen molar-refractivity contribution >= 4 is 39.7 Å². The number of benzene rings is 2. The molecule has 0 saturated carbocycles. The molecule has 3 aliphatic carbocycles. The summed E-state index contributed by atoms with van der Waals surface area (Å²) in [5.74, 6) is 0. The zero-order valence-corrected chi connectivity index (χ0v) is 39.6. The summed E-state index contributed by atoms with van der Waals surface area (Å²) in [6.07, 6.45) is 42.7. The maximum Gasteiger partial charge on any atom is 0.213 e. The van der Waals surface area contributed by atoms with Gasteiger partial charge in [0.1, 0.15) is 6.54 Å². The molecule has 0 spiro atoms. The molecule has 0 fully saturated rings. The number of aromatic amines is 1. The van der Waals surface area contributed by atoms with E-state index in [0.717, 1.165) is 37.3 Å². The smallest absolute Gasteiger partial charge is 0.213 e. The van der Waals surface area contributed by atoms with E-state index >= 15 is 0 Å². The fraction of sp³-hybridized carbons (Fsp3) is 0.500. The Labute approximate surface area is 374 Å². The predicted molar refractivity (Wildman–Crippen MR) is 266 cm³/mol. The fourth-order valence-electron chi connectivity index (χ4n) is 10.5. The van der Waals surface area contributed by atoms with E-state index in [1.807, 2.05) is 0 Å². The summed E-state index contributed by atoms with van der Waals surface area (Å²) in [5.41, 5.74) is 10.6. The lowest BCUT2D eigenvalue weighted by atomic mass is 9.74. The van der Waals surface area contributed by atoms with Crippen LogP contribution in [0, 0.1) is 10.8 Å². The molecule has 1 aliphatic heterocycles. The summed E-state index contributed by atoms with van der Waals surface area (Å²) < 4.78 is 2.61. The van der Waals surface area contributed by atoms with E-state index in [1.165, 1.54) is 174 Å². The highest BCUT2D eigenvalue weighted by atomic mass is 35.5. The molecule has 0 atom stereocenters. The summed E-state index contributed by atoms with van der Waals surface area (Å²) in [5, 5.41) is 7.71. The van der Waals surface area contributed by atoms with Crippen molar-refractivity contribution in [1.82, 2.24) is 9.56 Å². The molecular weight excluding hydrogens is 760 g/mol. The molecule has 4 aliphatic rings. The van der Waals surface area contributed by atoms with Crippen molar-refractivity contribution in [1.29, 1.82) is 0 Å². The van der Waals surface area contributed by atoms with Crippen LogP contribution < -0.4 is 25.7 Å². The van der Waals surface area contributed by atoms with Gasteiger partial charge in [0.15, 0.2) is 0 Å². The Bertz CT molecular complexity index is 2490. The van der Waals surface area contributed by atoms with Gasteiger partial charge in [0.25, 0.3) is 0 Å². The Morgan fingerprint density at radius 1 is 0.689 bits per heavy atom. The van der Waals surface area contributed by atoms with Crippen LogP contribution in [0.3, 0.4) is 0 Å². The predicted octanol–water partition coefficient (Wildman–Crippen LogP) is 14.1. The van der Waals surface area contributed by atoms with Gasteiger partial charge in [-0.15, -0.1) is 0 Å². The van der Waals surface area contributed by atoms with Gasteiger partial charge in [-0.3, -0.25) is 0 Å². The molecule has 2 aromatic carbocycles. The van der Waals surface area contributed by atoms with Gasteiger partial charge < -0.3 is 4.98 Å². The lowest BCUT2D eigenvalue weighted by Gasteiger charge is -2.30. The number of hydrogen-bond acceptors (Lipinski definition) is 0. The molecule has 0 radical (unpaired) electrons. The van der Waals surface area contributed by atoms with E-state index in [2.05, 4.69) is 142 Å². The molecular formula is C58H76ClN2+. The van der Waals surface area contributed by atoms with Crippen LogP contribution in [0.1, 0.15) is 170 Å². The number of halogens is 1. The van der Waals surface area contributed by atoms with Gasteiger partial charge in [0.05, 0.1) is 10.8 Å². The quantitative estimate of drug-likeness (QED) is 0.0814. The average molecular weight is 837 g/mol. The first-order valence-electron chi connectivity index (χ1n) is 24.6. The van der Waals surface area contributed by atoms with Gasteiger partial charge >= 0.3 is 0 Å². The Balaban J connectivity index is 1.13. The maximum atomic E-state index is 7.41. The molecule has 2 heterocycles. The van der Waals surface area contributed by atoms with Crippen LogP contribution in [0.25, 0.3) is 28.1 Å². The lowest BCUT2D eigenvalue weighted by molar-refractivity contribution is 0.541. The molecule has 0 amide bonds. The van der Waals surface area contributed by atoms with Gasteiger partial charge in [-0.1, -0.05) is 197 Å². The summed E-state index contributed by atoms with van der Waals surface area (Å²) >= 11 is 7.41. The lowest BCUT2D eigenvalue weighted by Crippen LogP contribution is -2.35. The van der Waals surface area contributed by atoms with Gasteiger partial charge in [0.2, 0.25) is 11.1 Å². The Hall–Kier alpha value is -3.88. The third-order valence-corrected chi connectivity index (χ3v) is 14.5. The second-order valence-electron chi connectivity index (χ2n) is 19.7. The first-order chi connectivity index (χ1) is 29.6. The molecule has 0 unspecified atom stereocenters. The summed E-state index contributed by atoms with van der Waals surface area (Å²) in [6, 6.07) is 17.9. The number of allylic oxidation sites excluding steroid dienone is 11. The highest BCUT2D eigenvalue weighted by Crippen LogP contribution is 2.42. The van der Waals surface area contributed by atoms with Crippen molar-refractivity contribution in [3.8, 4) is 0 Å². The third-order valence-electron chi connectivity index (χ3n) is 14.0. The summed E-state index contributed by atoms with van der Waals surface area (Å²) in [7, 11) is 0. The number of para-hydroxylation sites is 2. The number of unbranched alkanes of at least 4 members (excludes halogenated alkanes) is 14. The Kier molecular flexibility index (Phi) is 15.5. The monoisotopic (exact) mass is 836 g/mol. The Morgan fingerprint density at radius 3 is 2.08 bits per heavy atom. The summed E-state index contributed by atoms with van der Waals surface area (Å²) in [6.45, 7) is 15.2. The SMILES string of the molecule is CCCCCCCCCCC1=c2c([nH]c3ccccc23)=CC(C)(C)C1=CC=C1CCCC(C=CC2=CC3=c4ccccc4=[N+](CCCCCCCCCC)C3=CC2(C)C)=C1Cl. The van der Waals surface area contributed by atoms with Crippen LogP contribution in [-0.4, -0.2) is 11.5 Å². The molecule has 0 bridgehead atoms. The Morgan fingerprint density at radius 2 is 1.34 bits per heavy atom. The van der Waals surface area contributed by atoms with E-state index in [4.69, 9.17) is 11.6 Å². The van der Waals surface area contributed by atoms with Crippen molar-refractivity contribution in [2.45, 2.75) is 170 Å². The van der Waals surface area contributed by atoms with Crippen molar-refractivity contribution in [2.24, 2.45) is 10.8 Å². The number of nitrogens with zero attached hydrogens (tertiary/aromatic N) is 1. The minimum absolute atomic E-state index is 0.0920.